The zero-order valence-corrected chi connectivity index (χ0v) is 22.4. The van der Waals surface area contributed by atoms with Crippen molar-refractivity contribution in [2.24, 2.45) is 0 Å². The van der Waals surface area contributed by atoms with E-state index in [1.165, 1.54) is 76.3 Å². The Morgan fingerprint density at radius 3 is 2.05 bits per heavy atom. The van der Waals surface area contributed by atoms with E-state index in [4.69, 9.17) is 0 Å². The van der Waals surface area contributed by atoms with Crippen LogP contribution in [0.1, 0.15) is 11.1 Å². The molecule has 0 atom stereocenters. The monoisotopic (exact) mass is 509 g/mol. The third kappa shape index (κ3) is 3.28. The molecule has 0 amide bonds. The van der Waals surface area contributed by atoms with E-state index in [0.717, 1.165) is 5.57 Å². The zero-order valence-electron chi connectivity index (χ0n) is 22.4. The first-order valence-corrected chi connectivity index (χ1v) is 13.8. The van der Waals surface area contributed by atoms with Crippen molar-refractivity contribution in [2.45, 2.75) is 6.92 Å². The molecule has 0 saturated carbocycles. The summed E-state index contributed by atoms with van der Waals surface area (Å²) in [4.78, 5) is 0. The minimum absolute atomic E-state index is 1.02. The molecule has 0 aliphatic heterocycles. The predicted molar refractivity (Wildman–Crippen MR) is 173 cm³/mol. The number of aromatic nitrogens is 1. The van der Waals surface area contributed by atoms with Crippen LogP contribution in [0.4, 0.5) is 0 Å². The van der Waals surface area contributed by atoms with Crippen molar-refractivity contribution in [1.82, 2.24) is 4.40 Å². The van der Waals surface area contributed by atoms with Gasteiger partial charge < -0.3 is 4.40 Å². The molecule has 40 heavy (non-hydrogen) atoms. The van der Waals surface area contributed by atoms with E-state index in [9.17, 15) is 0 Å². The Kier molecular flexibility index (Phi) is 4.96. The van der Waals surface area contributed by atoms with Gasteiger partial charge in [0, 0.05) is 16.0 Å². The van der Waals surface area contributed by atoms with E-state index in [1.807, 2.05) is 0 Å². The molecule has 2 heterocycles. The highest BCUT2D eigenvalue weighted by Gasteiger charge is 2.17. The maximum atomic E-state index is 4.64. The molecule has 1 nitrogen and oxygen atoms in total. The third-order valence-corrected chi connectivity index (χ3v) is 8.45. The van der Waals surface area contributed by atoms with Crippen LogP contribution >= 0.6 is 0 Å². The molecular formula is C39H27N. The fraction of sp³-hybridized carbons (Fsp3) is 0.0256. The second kappa shape index (κ2) is 8.69. The Morgan fingerprint density at radius 1 is 0.575 bits per heavy atom. The fourth-order valence-electron chi connectivity index (χ4n) is 6.57. The Balaban J connectivity index is 1.42. The smallest absolute Gasteiger partial charge is 0.0577 e. The summed E-state index contributed by atoms with van der Waals surface area (Å²) in [7, 11) is 0. The molecule has 0 fully saturated rings. The first-order valence-electron chi connectivity index (χ1n) is 13.8. The van der Waals surface area contributed by atoms with Gasteiger partial charge in [0.25, 0.3) is 0 Å². The molecule has 1 heteroatoms. The summed E-state index contributed by atoms with van der Waals surface area (Å²) in [5, 5.41) is 8.78. The highest BCUT2D eigenvalue weighted by Crippen LogP contribution is 2.35. The average Bonchev–Trinajstić information content (AvgIpc) is 3.49. The summed E-state index contributed by atoms with van der Waals surface area (Å²) >= 11 is 0. The standard InChI is InChI=1S/C39H27N/c1-25(34-24-29-14-6-7-15-30(29)31-16-8-9-17-32(31)34)22-36-33-18-10-11-19-37(33)40-38-21-20-28(27-12-4-3-5-13-27)23-35(38)26(2)39(36)40/h3-24H,1H2,2H3/b36-22-. The maximum Gasteiger partial charge on any atom is 0.0577 e. The van der Waals surface area contributed by atoms with Crippen LogP contribution in [-0.4, -0.2) is 4.40 Å². The second-order valence-corrected chi connectivity index (χ2v) is 10.7. The van der Waals surface area contributed by atoms with Crippen LogP contribution in [0.2, 0.25) is 0 Å². The van der Waals surface area contributed by atoms with Crippen LogP contribution in [0, 0.1) is 6.92 Å². The third-order valence-electron chi connectivity index (χ3n) is 8.45. The molecule has 2 aromatic heterocycles. The van der Waals surface area contributed by atoms with Gasteiger partial charge in [0.05, 0.1) is 16.6 Å². The molecule has 0 unspecified atom stereocenters. The molecule has 0 radical (unpaired) electrons. The summed E-state index contributed by atoms with van der Waals surface area (Å²) in [6, 6.07) is 45.9. The van der Waals surface area contributed by atoms with E-state index >= 15 is 0 Å². The van der Waals surface area contributed by atoms with E-state index in [1.54, 1.807) is 0 Å². The Morgan fingerprint density at radius 2 is 1.23 bits per heavy atom. The van der Waals surface area contributed by atoms with Crippen LogP contribution in [0.25, 0.3) is 71.6 Å². The van der Waals surface area contributed by atoms with E-state index < -0.39 is 0 Å². The molecule has 0 aliphatic carbocycles. The number of aryl methyl sites for hydroxylation is 1. The number of fused-ring (bicyclic) bond motifs is 8. The second-order valence-electron chi connectivity index (χ2n) is 10.7. The molecule has 0 saturated heterocycles. The molecule has 188 valence electrons. The number of para-hydroxylation sites is 1. The summed E-state index contributed by atoms with van der Waals surface area (Å²) < 4.78 is 2.44. The van der Waals surface area contributed by atoms with Gasteiger partial charge in [-0.3, -0.25) is 0 Å². The fourth-order valence-corrected chi connectivity index (χ4v) is 6.57. The Labute approximate surface area is 232 Å². The number of benzene rings is 6. The van der Waals surface area contributed by atoms with Crippen molar-refractivity contribution in [3.8, 4) is 11.1 Å². The lowest BCUT2D eigenvalue weighted by Crippen LogP contribution is -2.00. The topological polar surface area (TPSA) is 4.41 Å². The van der Waals surface area contributed by atoms with Crippen molar-refractivity contribution < 1.29 is 0 Å². The van der Waals surface area contributed by atoms with Crippen LogP contribution in [-0.2, 0) is 0 Å². The van der Waals surface area contributed by atoms with Gasteiger partial charge in [-0.15, -0.1) is 0 Å². The van der Waals surface area contributed by atoms with Gasteiger partial charge in [0.1, 0.15) is 0 Å². The lowest BCUT2D eigenvalue weighted by atomic mass is 9.93. The van der Waals surface area contributed by atoms with Gasteiger partial charge in [-0.1, -0.05) is 110 Å². The number of allylic oxidation sites excluding steroid dienone is 1. The van der Waals surface area contributed by atoms with Gasteiger partial charge in [-0.05, 0) is 86.6 Å². The molecule has 8 aromatic rings. The first-order chi connectivity index (χ1) is 19.7. The highest BCUT2D eigenvalue weighted by atomic mass is 14.9. The van der Waals surface area contributed by atoms with Gasteiger partial charge >= 0.3 is 0 Å². The first kappa shape index (κ1) is 22.8. The molecule has 6 aromatic carbocycles. The van der Waals surface area contributed by atoms with Gasteiger partial charge in [0.2, 0.25) is 0 Å². The maximum absolute atomic E-state index is 4.64. The van der Waals surface area contributed by atoms with Crippen LogP contribution in [0.3, 0.4) is 0 Å². The zero-order chi connectivity index (χ0) is 26.8. The lowest BCUT2D eigenvalue weighted by Gasteiger charge is -2.11. The van der Waals surface area contributed by atoms with Crippen LogP contribution < -0.4 is 5.22 Å². The van der Waals surface area contributed by atoms with Gasteiger partial charge in [-0.2, -0.15) is 0 Å². The quantitative estimate of drug-likeness (QED) is 0.209. The summed E-state index contributed by atoms with van der Waals surface area (Å²) in [6.07, 6.45) is 2.30. The summed E-state index contributed by atoms with van der Waals surface area (Å²) in [5.74, 6) is 0. The van der Waals surface area contributed by atoms with Crippen molar-refractivity contribution in [3.63, 3.8) is 0 Å². The number of rotatable bonds is 3. The Bertz CT molecular complexity index is 2330. The van der Waals surface area contributed by atoms with E-state index in [0.29, 0.717) is 0 Å². The molecule has 0 N–H and O–H groups in total. The van der Waals surface area contributed by atoms with Crippen LogP contribution in [0.15, 0.2) is 134 Å². The SMILES string of the molecule is C=C(/C=c1/c2ccccc2n2c1c(C)c1cc(-c3ccccc3)ccc12)c1cc2ccccc2c2ccccc12. The van der Waals surface area contributed by atoms with Crippen molar-refractivity contribution in [2.75, 3.05) is 0 Å². The minimum Gasteiger partial charge on any atom is -0.308 e. The van der Waals surface area contributed by atoms with Crippen molar-refractivity contribution >= 4 is 60.5 Å². The highest BCUT2D eigenvalue weighted by molar-refractivity contribution is 6.14. The molecular weight excluding hydrogens is 482 g/mol. The van der Waals surface area contributed by atoms with E-state index in [2.05, 4.69) is 151 Å². The normalized spacial score (nSPS) is 12.4. The minimum atomic E-state index is 1.02. The average molecular weight is 510 g/mol. The summed E-state index contributed by atoms with van der Waals surface area (Å²) in [5.41, 5.74) is 9.70. The number of hydrogen-bond acceptors (Lipinski definition) is 0. The number of nitrogens with zero attached hydrogens (tertiary/aromatic N) is 1. The summed E-state index contributed by atoms with van der Waals surface area (Å²) in [6.45, 7) is 6.90. The van der Waals surface area contributed by atoms with Crippen LogP contribution in [0.5, 0.6) is 0 Å². The molecule has 0 aliphatic rings. The van der Waals surface area contributed by atoms with Crippen molar-refractivity contribution in [3.05, 3.63) is 150 Å². The Hall–Kier alpha value is -5.14. The molecule has 8 rings (SSSR count). The number of hydrogen-bond donors (Lipinski definition) is 0. The molecule has 0 spiro atoms. The molecule has 0 bridgehead atoms. The van der Waals surface area contributed by atoms with Crippen molar-refractivity contribution in [1.29, 1.82) is 0 Å². The van der Waals surface area contributed by atoms with Gasteiger partial charge in [0.15, 0.2) is 0 Å². The van der Waals surface area contributed by atoms with Gasteiger partial charge in [-0.25, -0.2) is 0 Å². The largest absolute Gasteiger partial charge is 0.308 e. The predicted octanol–water partition coefficient (Wildman–Crippen LogP) is 9.74. The van der Waals surface area contributed by atoms with E-state index in [-0.39, 0.29) is 0 Å². The lowest BCUT2D eigenvalue weighted by molar-refractivity contribution is 1.35.